The van der Waals surface area contributed by atoms with Gasteiger partial charge in [0.25, 0.3) is 40.5 Å². The van der Waals surface area contributed by atoms with Crippen LogP contribution in [0, 0.1) is 0 Å². The number of nitrogens with one attached hydrogen (secondary N) is 2. The minimum Gasteiger partial charge on any atom is -0.356 e. The molecule has 0 heterocycles. The molecule has 0 spiro atoms. The summed E-state index contributed by atoms with van der Waals surface area (Å²) in [5.41, 5.74) is -6.21. The molecule has 19 nitrogen and oxygen atoms in total. The molecule has 0 bridgehead atoms. The Morgan fingerprint density at radius 3 is 1.43 bits per heavy atom. The number of anilines is 7. The molecule has 0 amide bonds. The van der Waals surface area contributed by atoms with E-state index in [4.69, 9.17) is 0 Å². The summed E-state index contributed by atoms with van der Waals surface area (Å²) in [6.45, 7) is 0. The Labute approximate surface area is 293 Å². The lowest BCUT2D eigenvalue weighted by atomic mass is 10.0. The zero-order valence-electron chi connectivity index (χ0n) is 25.8. The normalized spacial score (nSPS) is 12.7. The second kappa shape index (κ2) is 14.3. The molecule has 0 aliphatic rings. The van der Waals surface area contributed by atoms with Crippen LogP contribution >= 0.6 is 0 Å². The van der Waals surface area contributed by atoms with Gasteiger partial charge in [0.1, 0.15) is 27.1 Å². The molecule has 0 aliphatic heterocycles. The molecule has 51 heavy (non-hydrogen) atoms. The second-order valence-corrected chi connectivity index (χ2v) is 17.4. The molecular formula is C27H28N4O15S5. The maximum Gasteiger partial charge on any atom is 0.364 e. The van der Waals surface area contributed by atoms with Crippen LogP contribution in [-0.2, 0) is 56.5 Å². The van der Waals surface area contributed by atoms with Crippen molar-refractivity contribution in [3.63, 3.8) is 0 Å². The van der Waals surface area contributed by atoms with E-state index in [0.29, 0.717) is 17.0 Å². The summed E-state index contributed by atoms with van der Waals surface area (Å²) >= 11 is 0. The lowest BCUT2D eigenvalue weighted by Gasteiger charge is -2.33. The molecule has 24 heteroatoms. The molecule has 0 aliphatic carbocycles. The Morgan fingerprint density at radius 1 is 0.569 bits per heavy atom. The molecule has 0 unspecified atom stereocenters. The van der Waals surface area contributed by atoms with E-state index in [2.05, 4.69) is 10.6 Å². The van der Waals surface area contributed by atoms with E-state index in [1.165, 1.54) is 54.6 Å². The fourth-order valence-corrected chi connectivity index (χ4v) is 8.82. The Hall–Kier alpha value is -4.37. The van der Waals surface area contributed by atoms with E-state index in [1.807, 2.05) is 0 Å². The van der Waals surface area contributed by atoms with Crippen molar-refractivity contribution >= 4 is 90.6 Å². The van der Waals surface area contributed by atoms with Gasteiger partial charge in [-0.3, -0.25) is 22.8 Å². The van der Waals surface area contributed by atoms with Crippen LogP contribution < -0.4 is 19.8 Å². The summed E-state index contributed by atoms with van der Waals surface area (Å²) in [6, 6.07) is 17.5. The maximum atomic E-state index is 13.5. The quantitative estimate of drug-likeness (QED) is 0.0899. The fraction of sp³-hybridized carbons (Fsp3) is 0.111. The van der Waals surface area contributed by atoms with Gasteiger partial charge in [-0.25, -0.2) is 4.31 Å². The monoisotopic (exact) mass is 808 g/mol. The lowest BCUT2D eigenvalue weighted by Crippen LogP contribution is -2.33. The van der Waals surface area contributed by atoms with Gasteiger partial charge >= 0.3 is 10.3 Å². The lowest BCUT2D eigenvalue weighted by molar-refractivity contribution is 0.476. The van der Waals surface area contributed by atoms with Gasteiger partial charge in [0.05, 0.1) is 22.7 Å². The van der Waals surface area contributed by atoms with Crippen LogP contribution in [0.3, 0.4) is 0 Å². The molecule has 7 N–H and O–H groups in total. The third-order valence-corrected chi connectivity index (χ3v) is 10.7. The number of benzene rings is 4. The van der Waals surface area contributed by atoms with Gasteiger partial charge in [-0.05, 0) is 36.4 Å². The van der Waals surface area contributed by atoms with Gasteiger partial charge in [-0.15, -0.1) is 0 Å². The van der Waals surface area contributed by atoms with Gasteiger partial charge in [0.15, 0.2) is 0 Å². The van der Waals surface area contributed by atoms with Crippen molar-refractivity contribution in [3.8, 4) is 0 Å². The van der Waals surface area contributed by atoms with Gasteiger partial charge in [0, 0.05) is 24.0 Å². The SMILES string of the molecule is CN(CS(=O)(=O)O)c1c(Nc2ccccc2)c(CS(=O)(=O)O)c(Nc2ccccc2)c(N(c2ccccc2S(=O)(=O)O)S(=O)(=O)O)c1S(=O)(=O)O. The standard InChI is InChI=1S/C27H28N4O15S5/c1-30(17-48(35,36)37)25-23(28-18-10-4-2-5-11-18)20(16-47(32,33)34)24(29-19-12-6-3-7-13-19)26(27(25)50(41,42)43)31(51(44,45)46)21-14-8-9-15-22(21)49(38,39)40/h2-15,28-29H,16-17H2,1H3,(H,32,33,34)(H,35,36,37)(H,38,39,40)(H,41,42,43)(H,44,45,46). The summed E-state index contributed by atoms with van der Waals surface area (Å²) in [5.74, 6) is -3.05. The Kier molecular flexibility index (Phi) is 11.1. The molecule has 4 aromatic carbocycles. The predicted molar refractivity (Wildman–Crippen MR) is 186 cm³/mol. The van der Waals surface area contributed by atoms with Crippen LogP contribution in [0.15, 0.2) is 94.7 Å². The largest absolute Gasteiger partial charge is 0.364 e. The van der Waals surface area contributed by atoms with E-state index in [1.54, 1.807) is 6.07 Å². The molecule has 4 aromatic rings. The van der Waals surface area contributed by atoms with Crippen LogP contribution in [0.1, 0.15) is 5.56 Å². The van der Waals surface area contributed by atoms with Crippen molar-refractivity contribution in [2.24, 2.45) is 0 Å². The van der Waals surface area contributed by atoms with E-state index in [0.717, 1.165) is 19.2 Å². The zero-order chi connectivity index (χ0) is 38.2. The highest BCUT2D eigenvalue weighted by atomic mass is 32.2. The highest BCUT2D eigenvalue weighted by Crippen LogP contribution is 2.53. The summed E-state index contributed by atoms with van der Waals surface area (Å²) in [6.07, 6.45) is 0. The highest BCUT2D eigenvalue weighted by molar-refractivity contribution is 7.89. The van der Waals surface area contributed by atoms with Crippen LogP contribution in [0.4, 0.5) is 39.8 Å². The fourth-order valence-electron chi connectivity index (χ4n) is 4.99. The molecule has 0 radical (unpaired) electrons. The number of hydrogen-bond acceptors (Lipinski definition) is 13. The molecule has 0 fully saturated rings. The van der Waals surface area contributed by atoms with Gasteiger partial charge in [-0.2, -0.15) is 42.1 Å². The average Bonchev–Trinajstić information content (AvgIpc) is 2.97. The van der Waals surface area contributed by atoms with Crippen molar-refractivity contribution in [1.29, 1.82) is 0 Å². The topological polar surface area (TPSA) is 302 Å². The second-order valence-electron chi connectivity index (χ2n) is 10.5. The first-order valence-electron chi connectivity index (χ1n) is 13.7. The molecule has 276 valence electrons. The first kappa shape index (κ1) is 39.4. The first-order chi connectivity index (χ1) is 23.4. The molecule has 4 rings (SSSR count). The zero-order valence-corrected chi connectivity index (χ0v) is 29.8. The van der Waals surface area contributed by atoms with E-state index < -0.39 is 106 Å². The smallest absolute Gasteiger partial charge is 0.356 e. The van der Waals surface area contributed by atoms with Crippen molar-refractivity contribution in [2.75, 3.05) is 32.8 Å². The van der Waals surface area contributed by atoms with Crippen LogP contribution in [-0.4, -0.2) is 77.8 Å². The minimum atomic E-state index is -6.04. The van der Waals surface area contributed by atoms with E-state index >= 15 is 0 Å². The third kappa shape index (κ3) is 9.70. The van der Waals surface area contributed by atoms with Crippen LogP contribution in [0.2, 0.25) is 0 Å². The maximum absolute atomic E-state index is 13.5. The first-order valence-corrected chi connectivity index (χ1v) is 21.2. The number of hydrogen-bond donors (Lipinski definition) is 7. The summed E-state index contributed by atoms with van der Waals surface area (Å²) < 4.78 is 179. The molecule has 0 aromatic heterocycles. The third-order valence-electron chi connectivity index (χ3n) is 6.71. The summed E-state index contributed by atoms with van der Waals surface area (Å²) in [7, 11) is -27.0. The number of rotatable bonds is 14. The van der Waals surface area contributed by atoms with Crippen LogP contribution in [0.25, 0.3) is 0 Å². The molecule has 0 atom stereocenters. The van der Waals surface area contributed by atoms with Gasteiger partial charge < -0.3 is 15.5 Å². The Bertz CT molecular complexity index is 2520. The molecule has 0 saturated heterocycles. The predicted octanol–water partition coefficient (Wildman–Crippen LogP) is 3.28. The number of nitrogens with zero attached hydrogens (tertiary/aromatic N) is 2. The summed E-state index contributed by atoms with van der Waals surface area (Å²) in [5, 5.41) is 5.26. The minimum absolute atomic E-state index is 0.0404. The van der Waals surface area contributed by atoms with Crippen molar-refractivity contribution in [2.45, 2.75) is 15.5 Å². The van der Waals surface area contributed by atoms with Crippen molar-refractivity contribution in [3.05, 3.63) is 90.5 Å². The van der Waals surface area contributed by atoms with Gasteiger partial charge in [-0.1, -0.05) is 48.5 Å². The van der Waals surface area contributed by atoms with Crippen molar-refractivity contribution in [1.82, 2.24) is 0 Å². The number of para-hydroxylation sites is 3. The average molecular weight is 809 g/mol. The molecule has 0 saturated carbocycles. The molecular weight excluding hydrogens is 781 g/mol. The van der Waals surface area contributed by atoms with Gasteiger partial charge in [0.2, 0.25) is 0 Å². The highest BCUT2D eigenvalue weighted by Gasteiger charge is 2.41. The Morgan fingerprint density at radius 2 is 1.02 bits per heavy atom. The van der Waals surface area contributed by atoms with Crippen molar-refractivity contribution < 1.29 is 64.9 Å². The van der Waals surface area contributed by atoms with Crippen LogP contribution in [0.5, 0.6) is 0 Å². The van der Waals surface area contributed by atoms with E-state index in [-0.39, 0.29) is 15.7 Å². The van der Waals surface area contributed by atoms with E-state index in [9.17, 15) is 64.9 Å². The Balaban J connectivity index is 2.45. The summed E-state index contributed by atoms with van der Waals surface area (Å²) in [4.78, 5) is -2.44.